The van der Waals surface area contributed by atoms with Crippen molar-refractivity contribution in [1.82, 2.24) is 5.32 Å². The minimum absolute atomic E-state index is 0.0318. The standard InChI is InChI=1S/C11H20NO9P/c1-8(13)12-4-5-19-22(16,17)20-7-11(21-10(3)15)6-18-9(2)14/h11H,4-7H2,1-3H3,(H,12,13)(H,16,17). The average Bonchev–Trinajstić information content (AvgIpc) is 2.37. The summed E-state index contributed by atoms with van der Waals surface area (Å²) in [5.41, 5.74) is 0. The first-order valence-electron chi connectivity index (χ1n) is 6.29. The van der Waals surface area contributed by atoms with Gasteiger partial charge in [0.25, 0.3) is 0 Å². The van der Waals surface area contributed by atoms with E-state index in [0.717, 1.165) is 13.8 Å². The summed E-state index contributed by atoms with van der Waals surface area (Å²) in [6.07, 6.45) is -1.04. The van der Waals surface area contributed by atoms with Gasteiger partial charge >= 0.3 is 19.8 Å². The van der Waals surface area contributed by atoms with Crippen LogP contribution in [0.4, 0.5) is 0 Å². The normalized spacial score (nSPS) is 14.5. The maximum absolute atomic E-state index is 11.5. The molecule has 0 aliphatic heterocycles. The minimum atomic E-state index is -4.38. The van der Waals surface area contributed by atoms with Crippen LogP contribution in [0.5, 0.6) is 0 Å². The molecule has 0 fully saturated rings. The lowest BCUT2D eigenvalue weighted by Gasteiger charge is -2.18. The summed E-state index contributed by atoms with van der Waals surface area (Å²) in [6, 6.07) is 0. The van der Waals surface area contributed by atoms with Crippen molar-refractivity contribution in [3.05, 3.63) is 0 Å². The van der Waals surface area contributed by atoms with Crippen molar-refractivity contribution >= 4 is 25.7 Å². The number of carbonyl (C=O) groups excluding carboxylic acids is 3. The highest BCUT2D eigenvalue weighted by Crippen LogP contribution is 2.43. The van der Waals surface area contributed by atoms with Crippen molar-refractivity contribution in [2.75, 3.05) is 26.4 Å². The van der Waals surface area contributed by atoms with Gasteiger partial charge in [-0.25, -0.2) is 4.57 Å². The zero-order chi connectivity index (χ0) is 17.2. The van der Waals surface area contributed by atoms with Crippen LogP contribution in [-0.2, 0) is 37.5 Å². The Labute approximate surface area is 127 Å². The van der Waals surface area contributed by atoms with E-state index < -0.39 is 32.5 Å². The number of esters is 2. The van der Waals surface area contributed by atoms with E-state index in [0.29, 0.717) is 0 Å². The molecular weight excluding hydrogens is 321 g/mol. The minimum Gasteiger partial charge on any atom is -0.462 e. The summed E-state index contributed by atoms with van der Waals surface area (Å²) in [5, 5.41) is 2.36. The van der Waals surface area contributed by atoms with E-state index in [4.69, 9.17) is 4.74 Å². The van der Waals surface area contributed by atoms with E-state index in [1.807, 2.05) is 0 Å². The number of phosphoric acid groups is 1. The molecule has 0 aromatic carbocycles. The molecule has 22 heavy (non-hydrogen) atoms. The number of phosphoric ester groups is 1. The molecule has 0 bridgehead atoms. The maximum atomic E-state index is 11.5. The summed E-state index contributed by atoms with van der Waals surface area (Å²) in [4.78, 5) is 41.6. The highest BCUT2D eigenvalue weighted by atomic mass is 31.2. The molecule has 11 heteroatoms. The Balaban J connectivity index is 4.23. The number of hydrogen-bond donors (Lipinski definition) is 2. The molecule has 0 aromatic rings. The summed E-state index contributed by atoms with van der Waals surface area (Å²) in [5.74, 6) is -1.58. The molecular formula is C11H20NO9P. The highest BCUT2D eigenvalue weighted by molar-refractivity contribution is 7.47. The van der Waals surface area contributed by atoms with Crippen molar-refractivity contribution in [3.63, 3.8) is 0 Å². The Kier molecular flexibility index (Phi) is 9.59. The zero-order valence-electron chi connectivity index (χ0n) is 12.6. The highest BCUT2D eigenvalue weighted by Gasteiger charge is 2.25. The summed E-state index contributed by atoms with van der Waals surface area (Å²) in [6.45, 7) is 2.55. The van der Waals surface area contributed by atoms with Gasteiger partial charge in [0, 0.05) is 27.3 Å². The first-order valence-corrected chi connectivity index (χ1v) is 7.79. The number of ether oxygens (including phenoxy) is 2. The van der Waals surface area contributed by atoms with Gasteiger partial charge in [0.15, 0.2) is 6.10 Å². The molecule has 2 unspecified atom stereocenters. The molecule has 2 N–H and O–H groups in total. The van der Waals surface area contributed by atoms with Crippen LogP contribution in [0.15, 0.2) is 0 Å². The van der Waals surface area contributed by atoms with Gasteiger partial charge in [-0.2, -0.15) is 0 Å². The monoisotopic (exact) mass is 341 g/mol. The van der Waals surface area contributed by atoms with Crippen molar-refractivity contribution in [2.45, 2.75) is 26.9 Å². The van der Waals surface area contributed by atoms with Gasteiger partial charge < -0.3 is 19.7 Å². The number of rotatable bonds is 10. The fraction of sp³-hybridized carbons (Fsp3) is 0.727. The molecule has 0 saturated carbocycles. The van der Waals surface area contributed by atoms with E-state index in [1.165, 1.54) is 6.92 Å². The van der Waals surface area contributed by atoms with Crippen LogP contribution in [0.1, 0.15) is 20.8 Å². The second-order valence-corrected chi connectivity index (χ2v) is 5.57. The Morgan fingerprint density at radius 1 is 1.09 bits per heavy atom. The molecule has 1 amide bonds. The number of carbonyl (C=O) groups is 3. The molecule has 0 heterocycles. The molecule has 0 spiro atoms. The lowest BCUT2D eigenvalue weighted by molar-refractivity contribution is -0.158. The Morgan fingerprint density at radius 3 is 2.23 bits per heavy atom. The quantitative estimate of drug-likeness (QED) is 0.313. The first-order chi connectivity index (χ1) is 10.1. The molecule has 0 aliphatic carbocycles. The van der Waals surface area contributed by atoms with Gasteiger partial charge in [-0.15, -0.1) is 0 Å². The van der Waals surface area contributed by atoms with E-state index in [2.05, 4.69) is 19.1 Å². The third-order valence-electron chi connectivity index (χ3n) is 1.96. The molecule has 10 nitrogen and oxygen atoms in total. The van der Waals surface area contributed by atoms with E-state index in [9.17, 15) is 23.8 Å². The predicted molar refractivity (Wildman–Crippen MR) is 72.6 cm³/mol. The molecule has 2 atom stereocenters. The Bertz CT molecular complexity index is 439. The molecule has 0 aliphatic rings. The van der Waals surface area contributed by atoms with Crippen LogP contribution in [0.2, 0.25) is 0 Å². The van der Waals surface area contributed by atoms with Crippen LogP contribution in [0.25, 0.3) is 0 Å². The summed E-state index contributed by atoms with van der Waals surface area (Å²) < 4.78 is 30.2. The van der Waals surface area contributed by atoms with Gasteiger partial charge in [-0.3, -0.25) is 23.4 Å². The summed E-state index contributed by atoms with van der Waals surface area (Å²) in [7, 11) is -4.38. The third kappa shape index (κ3) is 12.3. The first kappa shape index (κ1) is 20.5. The predicted octanol–water partition coefficient (Wildman–Crippen LogP) is -0.249. The summed E-state index contributed by atoms with van der Waals surface area (Å²) >= 11 is 0. The van der Waals surface area contributed by atoms with Gasteiger partial charge in [0.1, 0.15) is 6.61 Å². The lowest BCUT2D eigenvalue weighted by atomic mass is 10.4. The van der Waals surface area contributed by atoms with E-state index in [1.54, 1.807) is 0 Å². The van der Waals surface area contributed by atoms with Crippen molar-refractivity contribution in [3.8, 4) is 0 Å². The molecule has 0 saturated heterocycles. The maximum Gasteiger partial charge on any atom is 0.472 e. The largest absolute Gasteiger partial charge is 0.472 e. The van der Waals surface area contributed by atoms with Gasteiger partial charge in [-0.1, -0.05) is 0 Å². The lowest BCUT2D eigenvalue weighted by Crippen LogP contribution is -2.28. The molecule has 128 valence electrons. The second-order valence-electron chi connectivity index (χ2n) is 4.11. The average molecular weight is 341 g/mol. The molecule has 0 rings (SSSR count). The van der Waals surface area contributed by atoms with Crippen LogP contribution < -0.4 is 5.32 Å². The number of hydrogen-bond acceptors (Lipinski definition) is 8. The van der Waals surface area contributed by atoms with E-state index >= 15 is 0 Å². The third-order valence-corrected chi connectivity index (χ3v) is 2.94. The van der Waals surface area contributed by atoms with Crippen molar-refractivity contribution < 1.29 is 42.4 Å². The fourth-order valence-corrected chi connectivity index (χ4v) is 1.92. The second kappa shape index (κ2) is 10.3. The van der Waals surface area contributed by atoms with Crippen LogP contribution >= 0.6 is 7.82 Å². The zero-order valence-corrected chi connectivity index (χ0v) is 13.5. The van der Waals surface area contributed by atoms with Crippen LogP contribution in [0, 0.1) is 0 Å². The molecule has 0 aromatic heterocycles. The van der Waals surface area contributed by atoms with Crippen molar-refractivity contribution in [2.24, 2.45) is 0 Å². The molecule has 0 radical (unpaired) electrons. The smallest absolute Gasteiger partial charge is 0.462 e. The van der Waals surface area contributed by atoms with Gasteiger partial charge in [-0.05, 0) is 0 Å². The fourth-order valence-electron chi connectivity index (χ4n) is 1.16. The van der Waals surface area contributed by atoms with Crippen molar-refractivity contribution in [1.29, 1.82) is 0 Å². The Morgan fingerprint density at radius 2 is 1.73 bits per heavy atom. The van der Waals surface area contributed by atoms with Crippen LogP contribution in [-0.4, -0.2) is 55.2 Å². The van der Waals surface area contributed by atoms with E-state index in [-0.39, 0.29) is 25.7 Å². The number of nitrogens with one attached hydrogen (secondary N) is 1. The SMILES string of the molecule is CC(=O)NCCOP(=O)(O)OCC(COC(C)=O)OC(C)=O. The Hall–Kier alpha value is -1.48. The van der Waals surface area contributed by atoms with Gasteiger partial charge in [0.05, 0.1) is 13.2 Å². The van der Waals surface area contributed by atoms with Crippen LogP contribution in [0.3, 0.4) is 0 Å². The topological polar surface area (TPSA) is 137 Å². The number of amides is 1. The van der Waals surface area contributed by atoms with Gasteiger partial charge in [0.2, 0.25) is 5.91 Å².